The minimum Gasteiger partial charge on any atom is -0.496 e. The summed E-state index contributed by atoms with van der Waals surface area (Å²) in [5.74, 6) is 2.22. The van der Waals surface area contributed by atoms with Crippen LogP contribution in [0, 0.1) is 5.92 Å². The molecule has 0 aromatic heterocycles. The van der Waals surface area contributed by atoms with Crippen molar-refractivity contribution in [2.24, 2.45) is 5.92 Å². The van der Waals surface area contributed by atoms with Gasteiger partial charge in [0.2, 0.25) is 5.91 Å². The molecule has 0 saturated heterocycles. The summed E-state index contributed by atoms with van der Waals surface area (Å²) < 4.78 is 15.8. The third-order valence-corrected chi connectivity index (χ3v) is 3.19. The molecule has 1 aliphatic carbocycles. The summed E-state index contributed by atoms with van der Waals surface area (Å²) in [5, 5.41) is 2.91. The summed E-state index contributed by atoms with van der Waals surface area (Å²) in [5.41, 5.74) is 0.870. The molecule has 0 atom stereocenters. The van der Waals surface area contributed by atoms with E-state index in [0.717, 1.165) is 18.4 Å². The predicted octanol–water partition coefficient (Wildman–Crippen LogP) is 1.74. The predicted molar refractivity (Wildman–Crippen MR) is 70.7 cm³/mol. The smallest absolute Gasteiger partial charge is 0.223 e. The highest BCUT2D eigenvalue weighted by Crippen LogP contribution is 2.35. The normalized spacial score (nSPS) is 13.8. The van der Waals surface area contributed by atoms with Gasteiger partial charge in [0.1, 0.15) is 5.75 Å². The molecule has 0 spiro atoms. The molecule has 5 nitrogen and oxygen atoms in total. The third-order valence-electron chi connectivity index (χ3n) is 3.19. The van der Waals surface area contributed by atoms with Gasteiger partial charge < -0.3 is 19.5 Å². The number of rotatable bonds is 6. The fourth-order valence-corrected chi connectivity index (χ4v) is 1.90. The van der Waals surface area contributed by atoms with E-state index < -0.39 is 0 Å². The Hall–Kier alpha value is -1.91. The second-order valence-corrected chi connectivity index (χ2v) is 4.51. The first-order valence-corrected chi connectivity index (χ1v) is 6.26. The number of ether oxygens (including phenoxy) is 3. The van der Waals surface area contributed by atoms with Crippen molar-refractivity contribution in [3.63, 3.8) is 0 Å². The van der Waals surface area contributed by atoms with Gasteiger partial charge in [-0.1, -0.05) is 0 Å². The first-order chi connectivity index (χ1) is 9.19. The van der Waals surface area contributed by atoms with Crippen molar-refractivity contribution >= 4 is 5.91 Å². The van der Waals surface area contributed by atoms with Gasteiger partial charge in [0.15, 0.2) is 11.5 Å². The molecule has 2 rings (SSSR count). The number of benzene rings is 1. The van der Waals surface area contributed by atoms with E-state index >= 15 is 0 Å². The molecule has 0 bridgehead atoms. The van der Waals surface area contributed by atoms with Gasteiger partial charge in [0, 0.05) is 24.1 Å². The number of carbonyl (C=O) groups is 1. The molecule has 1 amide bonds. The van der Waals surface area contributed by atoms with Crippen LogP contribution in [0.25, 0.3) is 0 Å². The van der Waals surface area contributed by atoms with Crippen LogP contribution < -0.4 is 19.5 Å². The zero-order chi connectivity index (χ0) is 13.8. The zero-order valence-corrected chi connectivity index (χ0v) is 11.5. The largest absolute Gasteiger partial charge is 0.496 e. The lowest BCUT2D eigenvalue weighted by Gasteiger charge is -2.14. The number of nitrogens with one attached hydrogen (secondary N) is 1. The molecule has 104 valence electrons. The highest BCUT2D eigenvalue weighted by Gasteiger charge is 2.29. The van der Waals surface area contributed by atoms with Crippen LogP contribution in [0.1, 0.15) is 18.4 Å². The van der Waals surface area contributed by atoms with Crippen LogP contribution >= 0.6 is 0 Å². The molecule has 0 unspecified atom stereocenters. The molecule has 1 saturated carbocycles. The van der Waals surface area contributed by atoms with Crippen LogP contribution in [-0.4, -0.2) is 27.2 Å². The summed E-state index contributed by atoms with van der Waals surface area (Å²) in [7, 11) is 4.75. The highest BCUT2D eigenvalue weighted by atomic mass is 16.5. The van der Waals surface area contributed by atoms with Crippen molar-refractivity contribution in [3.8, 4) is 17.2 Å². The van der Waals surface area contributed by atoms with Crippen LogP contribution in [0.2, 0.25) is 0 Å². The van der Waals surface area contributed by atoms with E-state index in [1.165, 1.54) is 0 Å². The lowest BCUT2D eigenvalue weighted by atomic mass is 10.1. The molecule has 0 radical (unpaired) electrons. The molecular weight excluding hydrogens is 246 g/mol. The molecule has 5 heteroatoms. The van der Waals surface area contributed by atoms with E-state index in [2.05, 4.69) is 5.32 Å². The van der Waals surface area contributed by atoms with Crippen molar-refractivity contribution in [3.05, 3.63) is 17.7 Å². The van der Waals surface area contributed by atoms with Crippen LogP contribution in [-0.2, 0) is 11.3 Å². The molecule has 1 aromatic carbocycles. The van der Waals surface area contributed by atoms with Crippen molar-refractivity contribution in [1.29, 1.82) is 0 Å². The van der Waals surface area contributed by atoms with Gasteiger partial charge in [-0.25, -0.2) is 0 Å². The fraction of sp³-hybridized carbons (Fsp3) is 0.500. The third kappa shape index (κ3) is 3.10. The number of hydrogen-bond acceptors (Lipinski definition) is 4. The Morgan fingerprint density at radius 3 is 2.21 bits per heavy atom. The highest BCUT2D eigenvalue weighted by molar-refractivity contribution is 5.80. The summed E-state index contributed by atoms with van der Waals surface area (Å²) in [6.45, 7) is 0.429. The number of methoxy groups -OCH3 is 3. The molecule has 1 aromatic rings. The van der Waals surface area contributed by atoms with Crippen molar-refractivity contribution in [1.82, 2.24) is 5.32 Å². The molecule has 1 N–H and O–H groups in total. The summed E-state index contributed by atoms with van der Waals surface area (Å²) in [6.07, 6.45) is 1.99. The quantitative estimate of drug-likeness (QED) is 0.851. The minimum atomic E-state index is 0.108. The van der Waals surface area contributed by atoms with Gasteiger partial charge in [-0.15, -0.1) is 0 Å². The molecule has 0 heterocycles. The lowest BCUT2D eigenvalue weighted by Crippen LogP contribution is -2.24. The first kappa shape index (κ1) is 13.5. The molecule has 0 aliphatic heterocycles. The Kier molecular flexibility index (Phi) is 4.14. The van der Waals surface area contributed by atoms with Gasteiger partial charge in [-0.05, 0) is 18.9 Å². The Morgan fingerprint density at radius 2 is 1.68 bits per heavy atom. The van der Waals surface area contributed by atoms with Gasteiger partial charge in [0.25, 0.3) is 0 Å². The number of hydrogen-bond donors (Lipinski definition) is 1. The Bertz CT molecular complexity index is 469. The topological polar surface area (TPSA) is 56.8 Å². The maximum absolute atomic E-state index is 11.6. The number of carbonyl (C=O) groups excluding carboxylic acids is 1. The minimum absolute atomic E-state index is 0.108. The SMILES string of the molecule is COc1cc(OC)c(OC)cc1CNC(=O)C1CC1. The van der Waals surface area contributed by atoms with E-state index in [9.17, 15) is 4.79 Å². The van der Waals surface area contributed by atoms with Crippen molar-refractivity contribution < 1.29 is 19.0 Å². The molecule has 1 aliphatic rings. The lowest BCUT2D eigenvalue weighted by molar-refractivity contribution is -0.122. The van der Waals surface area contributed by atoms with Gasteiger partial charge in [-0.3, -0.25) is 4.79 Å². The Morgan fingerprint density at radius 1 is 1.11 bits per heavy atom. The maximum Gasteiger partial charge on any atom is 0.223 e. The van der Waals surface area contributed by atoms with E-state index in [-0.39, 0.29) is 11.8 Å². The van der Waals surface area contributed by atoms with Crippen LogP contribution in [0.4, 0.5) is 0 Å². The van der Waals surface area contributed by atoms with Gasteiger partial charge in [0.05, 0.1) is 21.3 Å². The summed E-state index contributed by atoms with van der Waals surface area (Å²) >= 11 is 0. The average Bonchev–Trinajstić information content (AvgIpc) is 3.28. The molecule has 1 fully saturated rings. The zero-order valence-electron chi connectivity index (χ0n) is 11.5. The van der Waals surface area contributed by atoms with Crippen LogP contribution in [0.15, 0.2) is 12.1 Å². The van der Waals surface area contributed by atoms with Gasteiger partial charge >= 0.3 is 0 Å². The Labute approximate surface area is 112 Å². The summed E-state index contributed by atoms with van der Waals surface area (Å²) in [6, 6.07) is 3.59. The van der Waals surface area contributed by atoms with E-state index in [0.29, 0.717) is 23.8 Å². The second-order valence-electron chi connectivity index (χ2n) is 4.51. The Balaban J connectivity index is 2.14. The van der Waals surface area contributed by atoms with Crippen molar-refractivity contribution in [2.75, 3.05) is 21.3 Å². The molecule has 19 heavy (non-hydrogen) atoms. The molecular formula is C14H19NO4. The van der Waals surface area contributed by atoms with E-state index in [1.54, 1.807) is 27.4 Å². The monoisotopic (exact) mass is 265 g/mol. The van der Waals surface area contributed by atoms with Crippen LogP contribution in [0.5, 0.6) is 17.2 Å². The van der Waals surface area contributed by atoms with Crippen molar-refractivity contribution in [2.45, 2.75) is 19.4 Å². The van der Waals surface area contributed by atoms with E-state index in [4.69, 9.17) is 14.2 Å². The van der Waals surface area contributed by atoms with E-state index in [1.807, 2.05) is 6.07 Å². The van der Waals surface area contributed by atoms with Crippen LogP contribution in [0.3, 0.4) is 0 Å². The second kappa shape index (κ2) is 5.82. The average molecular weight is 265 g/mol. The maximum atomic E-state index is 11.6. The summed E-state index contributed by atoms with van der Waals surface area (Å²) in [4.78, 5) is 11.6. The number of amides is 1. The van der Waals surface area contributed by atoms with Gasteiger partial charge in [-0.2, -0.15) is 0 Å². The first-order valence-electron chi connectivity index (χ1n) is 6.26. The fourth-order valence-electron chi connectivity index (χ4n) is 1.90. The standard InChI is InChI=1S/C14H19NO4/c1-17-11-7-13(19-3)12(18-2)6-10(11)8-15-14(16)9-4-5-9/h6-7,9H,4-5,8H2,1-3H3,(H,15,16).